The quantitative estimate of drug-likeness (QED) is 0.671. The lowest BCUT2D eigenvalue weighted by atomic mass is 10.3. The van der Waals surface area contributed by atoms with Crippen molar-refractivity contribution in [3.63, 3.8) is 0 Å². The second-order valence-electron chi connectivity index (χ2n) is 4.96. The number of carbonyl (C=O) groups excluding carboxylic acids is 1. The molecule has 0 saturated carbocycles. The Kier molecular flexibility index (Phi) is 4.47. The minimum atomic E-state index is -0.455. The predicted molar refractivity (Wildman–Crippen MR) is 86.0 cm³/mol. The van der Waals surface area contributed by atoms with Gasteiger partial charge in [-0.25, -0.2) is 0 Å². The van der Waals surface area contributed by atoms with Gasteiger partial charge in [0, 0.05) is 6.07 Å². The molecule has 0 fully saturated rings. The number of aromatic nitrogens is 5. The number of hydrogen-bond donors (Lipinski definition) is 2. The fourth-order valence-electron chi connectivity index (χ4n) is 1.87. The largest absolute Gasteiger partial charge is 0.508 e. The average molecular weight is 346 g/mol. The van der Waals surface area contributed by atoms with Crippen molar-refractivity contribution in [1.29, 1.82) is 0 Å². The van der Waals surface area contributed by atoms with Crippen LogP contribution >= 0.6 is 11.8 Å². The van der Waals surface area contributed by atoms with Crippen molar-refractivity contribution in [2.24, 2.45) is 0 Å². The Labute approximate surface area is 141 Å². The summed E-state index contributed by atoms with van der Waals surface area (Å²) in [6.45, 7) is 3.48. The van der Waals surface area contributed by atoms with Crippen molar-refractivity contribution >= 4 is 23.5 Å². The molecule has 0 unspecified atom stereocenters. The van der Waals surface area contributed by atoms with E-state index in [1.54, 1.807) is 32.0 Å². The van der Waals surface area contributed by atoms with Crippen LogP contribution in [0.5, 0.6) is 5.75 Å². The Morgan fingerprint density at radius 3 is 2.79 bits per heavy atom. The molecule has 1 amide bonds. The van der Waals surface area contributed by atoms with Gasteiger partial charge in [-0.05, 0) is 48.5 Å². The van der Waals surface area contributed by atoms with Crippen LogP contribution < -0.4 is 5.32 Å². The van der Waals surface area contributed by atoms with Gasteiger partial charge in [0.15, 0.2) is 5.82 Å². The first-order chi connectivity index (χ1) is 11.5. The first-order valence-corrected chi connectivity index (χ1v) is 7.89. The number of benzene rings is 1. The third-order valence-electron chi connectivity index (χ3n) is 3.07. The van der Waals surface area contributed by atoms with Crippen molar-refractivity contribution in [2.45, 2.75) is 24.3 Å². The van der Waals surface area contributed by atoms with Crippen LogP contribution in [0.1, 0.15) is 12.7 Å². The zero-order valence-electron chi connectivity index (χ0n) is 12.9. The van der Waals surface area contributed by atoms with Gasteiger partial charge < -0.3 is 14.9 Å². The van der Waals surface area contributed by atoms with Crippen molar-refractivity contribution in [1.82, 2.24) is 25.4 Å². The van der Waals surface area contributed by atoms with Gasteiger partial charge in [0.1, 0.15) is 11.5 Å². The Balaban J connectivity index is 1.70. The lowest BCUT2D eigenvalue weighted by Crippen LogP contribution is -2.23. The number of anilines is 1. The first kappa shape index (κ1) is 16.0. The minimum absolute atomic E-state index is 0.150. The SMILES string of the molecule is Cc1cc(NC(=O)[C@@H](C)Sc2nnnn2-c2ccc(O)cc2)no1. The van der Waals surface area contributed by atoms with Gasteiger partial charge in [0.2, 0.25) is 11.1 Å². The van der Waals surface area contributed by atoms with Gasteiger partial charge >= 0.3 is 0 Å². The summed E-state index contributed by atoms with van der Waals surface area (Å²) in [7, 11) is 0. The van der Waals surface area contributed by atoms with Crippen LogP contribution in [0.3, 0.4) is 0 Å². The van der Waals surface area contributed by atoms with Crippen molar-refractivity contribution in [3.05, 3.63) is 36.1 Å². The fourth-order valence-corrected chi connectivity index (χ4v) is 2.68. The van der Waals surface area contributed by atoms with Gasteiger partial charge in [0.05, 0.1) is 10.9 Å². The van der Waals surface area contributed by atoms with Crippen LogP contribution in [0, 0.1) is 6.92 Å². The lowest BCUT2D eigenvalue weighted by Gasteiger charge is -2.10. The number of tetrazole rings is 1. The van der Waals surface area contributed by atoms with E-state index in [1.807, 2.05) is 0 Å². The maximum atomic E-state index is 12.2. The molecule has 3 aromatic rings. The zero-order valence-corrected chi connectivity index (χ0v) is 13.7. The molecular weight excluding hydrogens is 332 g/mol. The molecule has 0 radical (unpaired) electrons. The molecule has 0 saturated heterocycles. The predicted octanol–water partition coefficient (Wildman–Crippen LogP) is 1.78. The minimum Gasteiger partial charge on any atom is -0.508 e. The maximum Gasteiger partial charge on any atom is 0.238 e. The number of nitrogens with zero attached hydrogens (tertiary/aromatic N) is 5. The topological polar surface area (TPSA) is 119 Å². The maximum absolute atomic E-state index is 12.2. The standard InChI is InChI=1S/C14H14N6O3S/c1-8-7-12(17-23-8)15-13(22)9(2)24-14-16-18-19-20(14)10-3-5-11(21)6-4-10/h3-7,9,21H,1-2H3,(H,15,17,22)/t9-/m1/s1. The molecule has 0 aliphatic carbocycles. The number of hydrogen-bond acceptors (Lipinski definition) is 8. The molecule has 9 nitrogen and oxygen atoms in total. The van der Waals surface area contributed by atoms with E-state index in [9.17, 15) is 9.90 Å². The Hall–Kier alpha value is -2.88. The molecule has 0 aliphatic heterocycles. The van der Waals surface area contributed by atoms with Gasteiger partial charge in [-0.2, -0.15) is 4.68 Å². The Morgan fingerprint density at radius 2 is 2.12 bits per heavy atom. The molecule has 2 N–H and O–H groups in total. The molecule has 124 valence electrons. The average Bonchev–Trinajstić information content (AvgIpc) is 3.17. The van der Waals surface area contributed by atoms with Crippen LogP contribution in [0.4, 0.5) is 5.82 Å². The molecule has 2 aromatic heterocycles. The van der Waals surface area contributed by atoms with Crippen LogP contribution in [0.15, 0.2) is 40.0 Å². The monoisotopic (exact) mass is 346 g/mol. The molecule has 10 heteroatoms. The number of phenolic OH excluding ortho intramolecular Hbond substituents is 1. The first-order valence-electron chi connectivity index (χ1n) is 7.01. The number of phenols is 1. The molecule has 0 bridgehead atoms. The molecule has 24 heavy (non-hydrogen) atoms. The van der Waals surface area contributed by atoms with Crippen LogP contribution in [-0.4, -0.2) is 41.6 Å². The highest BCUT2D eigenvalue weighted by Crippen LogP contribution is 2.24. The zero-order chi connectivity index (χ0) is 17.1. The lowest BCUT2D eigenvalue weighted by molar-refractivity contribution is -0.115. The number of aromatic hydroxyl groups is 1. The van der Waals surface area contributed by atoms with Crippen molar-refractivity contribution in [3.8, 4) is 11.4 Å². The summed E-state index contributed by atoms with van der Waals surface area (Å²) >= 11 is 1.20. The van der Waals surface area contributed by atoms with Crippen LogP contribution in [0.25, 0.3) is 5.69 Å². The summed E-state index contributed by atoms with van der Waals surface area (Å²) in [6.07, 6.45) is 0. The molecule has 2 heterocycles. The summed E-state index contributed by atoms with van der Waals surface area (Å²) in [6, 6.07) is 8.07. The van der Waals surface area contributed by atoms with E-state index in [0.29, 0.717) is 22.4 Å². The number of thioether (sulfide) groups is 1. The molecule has 1 atom stereocenters. The van der Waals surface area contributed by atoms with Gasteiger partial charge in [-0.1, -0.05) is 16.9 Å². The summed E-state index contributed by atoms with van der Waals surface area (Å²) in [5.74, 6) is 0.884. The van der Waals surface area contributed by atoms with Crippen molar-refractivity contribution in [2.75, 3.05) is 5.32 Å². The van der Waals surface area contributed by atoms with E-state index in [0.717, 1.165) is 0 Å². The highest BCUT2D eigenvalue weighted by atomic mass is 32.2. The van der Waals surface area contributed by atoms with E-state index in [4.69, 9.17) is 4.52 Å². The summed E-state index contributed by atoms with van der Waals surface area (Å²) in [5, 5.41) is 27.2. The third kappa shape index (κ3) is 3.54. The summed E-state index contributed by atoms with van der Waals surface area (Å²) < 4.78 is 6.40. The van der Waals surface area contributed by atoms with E-state index in [1.165, 1.54) is 28.6 Å². The van der Waals surface area contributed by atoms with E-state index in [2.05, 4.69) is 26.0 Å². The summed E-state index contributed by atoms with van der Waals surface area (Å²) in [5.41, 5.74) is 0.681. The smallest absolute Gasteiger partial charge is 0.238 e. The van der Waals surface area contributed by atoms with Gasteiger partial charge in [-0.15, -0.1) is 5.10 Å². The highest BCUT2D eigenvalue weighted by Gasteiger charge is 2.20. The molecule has 3 rings (SSSR count). The Morgan fingerprint density at radius 1 is 1.38 bits per heavy atom. The van der Waals surface area contributed by atoms with E-state index >= 15 is 0 Å². The molecule has 0 spiro atoms. The van der Waals surface area contributed by atoms with Crippen LogP contribution in [0.2, 0.25) is 0 Å². The number of amides is 1. The molecule has 1 aromatic carbocycles. The van der Waals surface area contributed by atoms with Crippen molar-refractivity contribution < 1.29 is 14.4 Å². The second kappa shape index (κ2) is 6.71. The van der Waals surface area contributed by atoms with Gasteiger partial charge in [-0.3, -0.25) is 4.79 Å². The van der Waals surface area contributed by atoms with Gasteiger partial charge in [0.25, 0.3) is 0 Å². The van der Waals surface area contributed by atoms with E-state index in [-0.39, 0.29) is 11.7 Å². The summed E-state index contributed by atoms with van der Waals surface area (Å²) in [4.78, 5) is 12.2. The number of aryl methyl sites for hydroxylation is 1. The second-order valence-corrected chi connectivity index (χ2v) is 6.27. The normalized spacial score (nSPS) is 12.1. The van der Waals surface area contributed by atoms with E-state index < -0.39 is 5.25 Å². The molecule has 0 aliphatic rings. The third-order valence-corrected chi connectivity index (χ3v) is 4.10. The Bertz CT molecular complexity index is 844. The number of carbonyl (C=O) groups is 1. The highest BCUT2D eigenvalue weighted by molar-refractivity contribution is 8.00. The van der Waals surface area contributed by atoms with Crippen LogP contribution in [-0.2, 0) is 4.79 Å². The number of nitrogens with one attached hydrogen (secondary N) is 1. The fraction of sp³-hybridized carbons (Fsp3) is 0.214. The number of rotatable bonds is 5. The molecular formula is C14H14N6O3S.